The highest BCUT2D eigenvalue weighted by molar-refractivity contribution is 5.91. The van der Waals surface area contributed by atoms with Crippen molar-refractivity contribution in [2.75, 3.05) is 33.3 Å². The number of aliphatic hydroxyl groups excluding tert-OH is 1. The van der Waals surface area contributed by atoms with Gasteiger partial charge in [0.25, 0.3) is 0 Å². The predicted molar refractivity (Wildman–Crippen MR) is 193 cm³/mol. The van der Waals surface area contributed by atoms with E-state index in [9.17, 15) is 20.3 Å². The fourth-order valence-electron chi connectivity index (χ4n) is 8.51. The minimum atomic E-state index is -0.735. The van der Waals surface area contributed by atoms with Gasteiger partial charge in [-0.1, -0.05) is 36.4 Å². The van der Waals surface area contributed by atoms with Crippen molar-refractivity contribution in [1.82, 2.24) is 19.8 Å². The molecule has 51 heavy (non-hydrogen) atoms. The molecular formula is C41H41N5O5. The second-order valence-corrected chi connectivity index (χ2v) is 14.2. The first-order chi connectivity index (χ1) is 24.7. The Bertz CT molecular complexity index is 2220. The van der Waals surface area contributed by atoms with Gasteiger partial charge in [-0.15, -0.1) is 0 Å². The molecule has 2 fully saturated rings. The zero-order chi connectivity index (χ0) is 35.4. The van der Waals surface area contributed by atoms with Crippen LogP contribution in [-0.4, -0.2) is 75.3 Å². The summed E-state index contributed by atoms with van der Waals surface area (Å²) < 4.78 is 12.2. The number of methoxy groups -OCH3 is 1. The largest absolute Gasteiger partial charge is 0.481 e. The minimum absolute atomic E-state index is 0.111. The molecule has 2 aromatic heterocycles. The van der Waals surface area contributed by atoms with Gasteiger partial charge in [0.15, 0.2) is 5.58 Å². The number of likely N-dealkylation sites (tertiary alicyclic amines) is 2. The number of furan rings is 1. The summed E-state index contributed by atoms with van der Waals surface area (Å²) in [6, 6.07) is 19.2. The van der Waals surface area contributed by atoms with Crippen molar-refractivity contribution in [3.05, 3.63) is 88.2 Å². The summed E-state index contributed by atoms with van der Waals surface area (Å²) in [5.41, 5.74) is 11.0. The van der Waals surface area contributed by atoms with E-state index in [1.54, 1.807) is 13.3 Å². The van der Waals surface area contributed by atoms with Crippen LogP contribution < -0.4 is 4.74 Å². The van der Waals surface area contributed by atoms with Crippen molar-refractivity contribution in [3.63, 3.8) is 0 Å². The maximum Gasteiger partial charge on any atom is 0.307 e. The van der Waals surface area contributed by atoms with E-state index in [0.717, 1.165) is 93.6 Å². The van der Waals surface area contributed by atoms with Crippen LogP contribution in [0.15, 0.2) is 59.1 Å². The number of aliphatic hydroxyl groups is 1. The first-order valence-corrected chi connectivity index (χ1v) is 17.7. The number of nitrogens with zero attached hydrogens (tertiary/aromatic N) is 5. The van der Waals surface area contributed by atoms with Gasteiger partial charge in [0.05, 0.1) is 36.6 Å². The number of aromatic nitrogens is 2. The lowest BCUT2D eigenvalue weighted by Crippen LogP contribution is -2.26. The number of nitriles is 1. The molecule has 2 aliphatic heterocycles. The fraction of sp³-hybridized carbons (Fsp3) is 0.366. The lowest BCUT2D eigenvalue weighted by molar-refractivity contribution is -0.141. The molecule has 3 atom stereocenters. The Morgan fingerprint density at radius 2 is 1.76 bits per heavy atom. The number of fused-ring (bicyclic) bond motifs is 2. The Balaban J connectivity index is 1.12. The van der Waals surface area contributed by atoms with Crippen LogP contribution in [-0.2, 0) is 17.8 Å². The number of carboxylic acid groups (broad SMARTS) is 1. The summed E-state index contributed by atoms with van der Waals surface area (Å²) >= 11 is 0. The molecule has 0 bridgehead atoms. The molecule has 2 N–H and O–H groups in total. The number of β-amino-alcohol motifs (C(OH)–C–C–N with tert-alkyl or cyclic N) is 1. The molecule has 3 aromatic carbocycles. The van der Waals surface area contributed by atoms with Crippen molar-refractivity contribution >= 4 is 16.9 Å². The molecule has 8 rings (SSSR count). The van der Waals surface area contributed by atoms with E-state index in [4.69, 9.17) is 19.1 Å². The fourth-order valence-corrected chi connectivity index (χ4v) is 8.51. The van der Waals surface area contributed by atoms with Crippen LogP contribution in [0.5, 0.6) is 5.88 Å². The van der Waals surface area contributed by atoms with E-state index in [-0.39, 0.29) is 18.1 Å². The second kappa shape index (κ2) is 13.2. The summed E-state index contributed by atoms with van der Waals surface area (Å²) in [5, 5.41) is 30.8. The molecule has 10 heteroatoms. The van der Waals surface area contributed by atoms with Crippen LogP contribution in [0, 0.1) is 31.1 Å². The number of aliphatic carboxylic acids is 1. The Hall–Kier alpha value is -5.08. The van der Waals surface area contributed by atoms with Crippen LogP contribution in [0.3, 0.4) is 0 Å². The van der Waals surface area contributed by atoms with Crippen LogP contribution in [0.1, 0.15) is 58.8 Å². The van der Waals surface area contributed by atoms with Gasteiger partial charge in [-0.25, -0.2) is 4.98 Å². The van der Waals surface area contributed by atoms with Gasteiger partial charge in [0, 0.05) is 48.7 Å². The van der Waals surface area contributed by atoms with Gasteiger partial charge >= 0.3 is 5.97 Å². The topological polar surface area (TPSA) is 136 Å². The Kier molecular flexibility index (Phi) is 8.58. The number of rotatable bonds is 8. The van der Waals surface area contributed by atoms with Gasteiger partial charge < -0.3 is 19.4 Å². The predicted octanol–water partition coefficient (Wildman–Crippen LogP) is 6.68. The van der Waals surface area contributed by atoms with E-state index < -0.39 is 5.97 Å². The highest BCUT2D eigenvalue weighted by Crippen LogP contribution is 2.45. The molecule has 0 saturated carbocycles. The molecule has 4 heterocycles. The average molecular weight is 684 g/mol. The molecule has 5 aromatic rings. The van der Waals surface area contributed by atoms with Crippen LogP contribution in [0.25, 0.3) is 44.7 Å². The third-order valence-corrected chi connectivity index (χ3v) is 11.2. The van der Waals surface area contributed by atoms with Crippen LogP contribution in [0.4, 0.5) is 0 Å². The number of ether oxygens (including phenoxy) is 1. The summed E-state index contributed by atoms with van der Waals surface area (Å²) in [5.74, 6) is 0.117. The summed E-state index contributed by atoms with van der Waals surface area (Å²) in [6.07, 6.45) is 4.56. The monoisotopic (exact) mass is 683 g/mol. The zero-order valence-electron chi connectivity index (χ0n) is 29.1. The van der Waals surface area contributed by atoms with Gasteiger partial charge in [0.1, 0.15) is 17.5 Å². The summed E-state index contributed by atoms with van der Waals surface area (Å²) in [7, 11) is 1.61. The number of carbonyl (C=O) groups is 1. The Morgan fingerprint density at radius 1 is 1.02 bits per heavy atom. The molecule has 260 valence electrons. The van der Waals surface area contributed by atoms with Gasteiger partial charge in [0.2, 0.25) is 5.88 Å². The Morgan fingerprint density at radius 3 is 2.45 bits per heavy atom. The van der Waals surface area contributed by atoms with Crippen molar-refractivity contribution < 1.29 is 24.2 Å². The summed E-state index contributed by atoms with van der Waals surface area (Å²) in [6.45, 7) is 7.51. The molecule has 0 amide bonds. The number of carboxylic acids is 1. The maximum atomic E-state index is 11.7. The Labute approximate surface area is 296 Å². The van der Waals surface area contributed by atoms with Crippen molar-refractivity contribution in [1.29, 1.82) is 5.26 Å². The van der Waals surface area contributed by atoms with E-state index >= 15 is 0 Å². The van der Waals surface area contributed by atoms with E-state index in [1.807, 2.05) is 18.2 Å². The molecule has 0 radical (unpaired) electrons. The van der Waals surface area contributed by atoms with Gasteiger partial charge in [-0.05, 0) is 91.6 Å². The van der Waals surface area contributed by atoms with E-state index in [1.165, 1.54) is 0 Å². The van der Waals surface area contributed by atoms with Gasteiger partial charge in [-0.2, -0.15) is 5.26 Å². The highest BCUT2D eigenvalue weighted by atomic mass is 16.5. The molecule has 3 aliphatic rings. The maximum absolute atomic E-state index is 11.7. The molecule has 0 spiro atoms. The zero-order valence-corrected chi connectivity index (χ0v) is 29.1. The standard InChI is InChI=1S/C41H41N5O5/c1-23-28(6-4-8-30(23)35-19-43-36(40(44-35)50-3)22-45-14-13-27(47)21-45)29-7-5-9-31(24(29)2)38-17-26-16-33-32(34(18-42)39(26)51-38)10-11-37(33)46-15-12-25(20-46)41(48)49/h4-9,16-17,19,25,27,37,47H,10-15,20-22H2,1-3H3,(H,48,49)/t25-,27-,37-/m1/s1. The van der Waals surface area contributed by atoms with Crippen LogP contribution >= 0.6 is 0 Å². The lowest BCUT2D eigenvalue weighted by Gasteiger charge is -2.24. The van der Waals surface area contributed by atoms with Gasteiger partial charge in [-0.3, -0.25) is 19.6 Å². The lowest BCUT2D eigenvalue weighted by atomic mass is 9.90. The number of benzene rings is 3. The normalized spacial score (nSPS) is 20.6. The van der Waals surface area contributed by atoms with Crippen molar-refractivity contribution in [3.8, 4) is 45.7 Å². The molecule has 1 aliphatic carbocycles. The van der Waals surface area contributed by atoms with Crippen molar-refractivity contribution in [2.45, 2.75) is 58.2 Å². The number of hydrogen-bond donors (Lipinski definition) is 2. The molecule has 10 nitrogen and oxygen atoms in total. The number of hydrogen-bond acceptors (Lipinski definition) is 9. The van der Waals surface area contributed by atoms with E-state index in [0.29, 0.717) is 48.8 Å². The molecular weight excluding hydrogens is 642 g/mol. The summed E-state index contributed by atoms with van der Waals surface area (Å²) in [4.78, 5) is 25.7. The quantitative estimate of drug-likeness (QED) is 0.182. The third kappa shape index (κ3) is 5.85. The first-order valence-electron chi connectivity index (χ1n) is 17.7. The van der Waals surface area contributed by atoms with Crippen LogP contribution in [0.2, 0.25) is 0 Å². The van der Waals surface area contributed by atoms with Crippen molar-refractivity contribution in [2.24, 2.45) is 5.92 Å². The first kappa shape index (κ1) is 33.1. The minimum Gasteiger partial charge on any atom is -0.481 e. The van der Waals surface area contributed by atoms with E-state index in [2.05, 4.69) is 60.0 Å². The second-order valence-electron chi connectivity index (χ2n) is 14.2. The smallest absolute Gasteiger partial charge is 0.307 e. The highest BCUT2D eigenvalue weighted by Gasteiger charge is 2.37. The average Bonchev–Trinajstić information content (AvgIpc) is 3.94. The molecule has 0 unspecified atom stereocenters. The third-order valence-electron chi connectivity index (χ3n) is 11.2. The SMILES string of the molecule is COc1nc(-c2cccc(-c3cccc(-c4cc5cc6c(c(C#N)c5o4)CC[C@H]6N4CC[C@@H](C(=O)O)C4)c3C)c2C)cnc1CN1CC[C@@H](O)C1. The molecule has 2 saturated heterocycles.